The second-order valence-corrected chi connectivity index (χ2v) is 4.42. The Morgan fingerprint density at radius 3 is 2.65 bits per heavy atom. The molecule has 6 heteroatoms. The van der Waals surface area contributed by atoms with Gasteiger partial charge in [0.05, 0.1) is 31.2 Å². The summed E-state index contributed by atoms with van der Waals surface area (Å²) in [4.78, 5) is 26.7. The summed E-state index contributed by atoms with van der Waals surface area (Å²) in [6.07, 6.45) is 2.13. The number of hydrogen-bond acceptors (Lipinski definition) is 5. The van der Waals surface area contributed by atoms with Crippen molar-refractivity contribution in [3.05, 3.63) is 34.1 Å². The lowest BCUT2D eigenvalue weighted by atomic mass is 10.1. The highest BCUT2D eigenvalue weighted by Gasteiger charge is 2.17. The predicted molar refractivity (Wildman–Crippen MR) is 71.5 cm³/mol. The molecule has 0 atom stereocenters. The van der Waals surface area contributed by atoms with Crippen LogP contribution in [0.25, 0.3) is 10.9 Å². The van der Waals surface area contributed by atoms with E-state index in [2.05, 4.69) is 9.72 Å². The molecule has 1 aliphatic heterocycles. The van der Waals surface area contributed by atoms with Gasteiger partial charge in [-0.2, -0.15) is 0 Å². The van der Waals surface area contributed by atoms with E-state index in [4.69, 9.17) is 9.47 Å². The summed E-state index contributed by atoms with van der Waals surface area (Å²) in [6.45, 7) is 1.11. The molecule has 104 valence electrons. The number of pyridine rings is 1. The van der Waals surface area contributed by atoms with Gasteiger partial charge in [0.1, 0.15) is 5.56 Å². The molecule has 1 N–H and O–H groups in total. The summed E-state index contributed by atoms with van der Waals surface area (Å²) in [5.41, 5.74) is 0.169. The first kappa shape index (κ1) is 12.5. The molecule has 0 radical (unpaired) electrons. The van der Waals surface area contributed by atoms with E-state index < -0.39 is 5.97 Å². The molecule has 2 heterocycles. The first-order valence-electron chi connectivity index (χ1n) is 6.24. The average molecular weight is 275 g/mol. The van der Waals surface area contributed by atoms with Gasteiger partial charge in [-0.05, 0) is 6.07 Å². The normalized spacial score (nSPS) is 13.8. The van der Waals surface area contributed by atoms with E-state index in [1.165, 1.54) is 13.3 Å². The van der Waals surface area contributed by atoms with Crippen LogP contribution in [-0.2, 0) is 4.74 Å². The number of fused-ring (bicyclic) bond motifs is 2. The molecule has 0 bridgehead atoms. The lowest BCUT2D eigenvalue weighted by molar-refractivity contribution is 0.0599. The average Bonchev–Trinajstić information content (AvgIpc) is 2.70. The zero-order valence-electron chi connectivity index (χ0n) is 10.9. The Morgan fingerprint density at radius 1 is 1.25 bits per heavy atom. The van der Waals surface area contributed by atoms with Gasteiger partial charge in [0.2, 0.25) is 5.43 Å². The molecule has 3 rings (SSSR count). The number of methoxy groups -OCH3 is 1. The van der Waals surface area contributed by atoms with Gasteiger partial charge in [0, 0.05) is 18.7 Å². The number of hydrogen-bond donors (Lipinski definition) is 1. The zero-order valence-corrected chi connectivity index (χ0v) is 10.9. The minimum Gasteiger partial charge on any atom is -0.490 e. The highest BCUT2D eigenvalue weighted by atomic mass is 16.5. The number of carbonyl (C=O) groups excluding carboxylic acids is 1. The molecule has 0 saturated carbocycles. The highest BCUT2D eigenvalue weighted by Crippen LogP contribution is 2.32. The molecule has 1 aromatic carbocycles. The van der Waals surface area contributed by atoms with Crippen molar-refractivity contribution in [3.63, 3.8) is 0 Å². The number of ether oxygens (including phenoxy) is 3. The Labute approximate surface area is 114 Å². The summed E-state index contributed by atoms with van der Waals surface area (Å²) in [6, 6.07) is 3.31. The highest BCUT2D eigenvalue weighted by molar-refractivity contribution is 5.94. The second kappa shape index (κ2) is 4.88. The number of esters is 1. The fourth-order valence-corrected chi connectivity index (χ4v) is 2.14. The van der Waals surface area contributed by atoms with Crippen molar-refractivity contribution in [1.29, 1.82) is 0 Å². The van der Waals surface area contributed by atoms with E-state index in [-0.39, 0.29) is 11.0 Å². The molecule has 2 aromatic rings. The standard InChI is InChI=1S/C14H13NO5/c1-18-14(17)9-7-15-10-6-12-11(5-8(10)13(9)16)19-3-2-4-20-12/h5-7H,2-4H2,1H3,(H,15,16). The first-order valence-corrected chi connectivity index (χ1v) is 6.24. The maximum Gasteiger partial charge on any atom is 0.343 e. The van der Waals surface area contributed by atoms with Gasteiger partial charge in [-0.25, -0.2) is 4.79 Å². The van der Waals surface area contributed by atoms with Crippen LogP contribution >= 0.6 is 0 Å². The van der Waals surface area contributed by atoms with Crippen molar-refractivity contribution < 1.29 is 19.0 Å². The molecular weight excluding hydrogens is 262 g/mol. The summed E-state index contributed by atoms with van der Waals surface area (Å²) < 4.78 is 15.7. The predicted octanol–water partition coefficient (Wildman–Crippen LogP) is 1.48. The summed E-state index contributed by atoms with van der Waals surface area (Å²) in [5.74, 6) is 0.444. The van der Waals surface area contributed by atoms with Crippen LogP contribution in [0, 0.1) is 0 Å². The molecule has 0 unspecified atom stereocenters. The fraction of sp³-hybridized carbons (Fsp3) is 0.286. The quantitative estimate of drug-likeness (QED) is 0.797. The fourth-order valence-electron chi connectivity index (χ4n) is 2.14. The van der Waals surface area contributed by atoms with Crippen molar-refractivity contribution >= 4 is 16.9 Å². The van der Waals surface area contributed by atoms with Gasteiger partial charge >= 0.3 is 5.97 Å². The van der Waals surface area contributed by atoms with Crippen LogP contribution in [0.2, 0.25) is 0 Å². The molecule has 6 nitrogen and oxygen atoms in total. The molecule has 0 fully saturated rings. The second-order valence-electron chi connectivity index (χ2n) is 4.42. The summed E-state index contributed by atoms with van der Waals surface area (Å²) in [5, 5.41) is 0.372. The van der Waals surface area contributed by atoms with E-state index in [1.807, 2.05) is 0 Å². The van der Waals surface area contributed by atoms with Crippen LogP contribution in [0.4, 0.5) is 0 Å². The third-order valence-corrected chi connectivity index (χ3v) is 3.15. The van der Waals surface area contributed by atoms with E-state index in [0.29, 0.717) is 35.6 Å². The van der Waals surface area contributed by atoms with E-state index in [9.17, 15) is 9.59 Å². The molecular formula is C14H13NO5. The lowest BCUT2D eigenvalue weighted by Crippen LogP contribution is -2.17. The smallest absolute Gasteiger partial charge is 0.343 e. The minimum atomic E-state index is -0.666. The minimum absolute atomic E-state index is 0.0329. The Balaban J connectivity index is 2.22. The van der Waals surface area contributed by atoms with Gasteiger partial charge in [0.15, 0.2) is 11.5 Å². The molecule has 1 aliphatic rings. The van der Waals surface area contributed by atoms with Crippen molar-refractivity contribution in [1.82, 2.24) is 4.98 Å². The summed E-state index contributed by atoms with van der Waals surface area (Å²) >= 11 is 0. The third kappa shape index (κ3) is 1.99. The van der Waals surface area contributed by atoms with Crippen LogP contribution < -0.4 is 14.9 Å². The Hall–Kier alpha value is -2.50. The molecule has 0 spiro atoms. The third-order valence-electron chi connectivity index (χ3n) is 3.15. The maximum atomic E-state index is 12.3. The number of aromatic amines is 1. The number of nitrogens with one attached hydrogen (secondary N) is 1. The monoisotopic (exact) mass is 275 g/mol. The topological polar surface area (TPSA) is 77.6 Å². The van der Waals surface area contributed by atoms with Crippen molar-refractivity contribution in [2.75, 3.05) is 20.3 Å². The van der Waals surface area contributed by atoms with Gasteiger partial charge in [-0.15, -0.1) is 0 Å². The van der Waals surface area contributed by atoms with Gasteiger partial charge in [-0.1, -0.05) is 0 Å². The first-order chi connectivity index (χ1) is 9.70. The van der Waals surface area contributed by atoms with Crippen LogP contribution in [0.1, 0.15) is 16.8 Å². The Bertz CT molecular complexity index is 734. The van der Waals surface area contributed by atoms with Gasteiger partial charge < -0.3 is 19.2 Å². The lowest BCUT2D eigenvalue weighted by Gasteiger charge is -2.09. The number of aromatic nitrogens is 1. The number of benzene rings is 1. The number of rotatable bonds is 1. The van der Waals surface area contributed by atoms with Crippen molar-refractivity contribution in [2.24, 2.45) is 0 Å². The Kier molecular flexibility index (Phi) is 3.06. The Morgan fingerprint density at radius 2 is 1.95 bits per heavy atom. The van der Waals surface area contributed by atoms with E-state index in [0.717, 1.165) is 6.42 Å². The van der Waals surface area contributed by atoms with Gasteiger partial charge in [-0.3, -0.25) is 4.79 Å². The number of H-pyrrole nitrogens is 1. The van der Waals surface area contributed by atoms with Crippen LogP contribution in [-0.4, -0.2) is 31.3 Å². The SMILES string of the molecule is COC(=O)c1c[nH]c2cc3c(cc2c1=O)OCCCO3. The van der Waals surface area contributed by atoms with Crippen LogP contribution in [0.15, 0.2) is 23.1 Å². The summed E-state index contributed by atoms with van der Waals surface area (Å²) in [7, 11) is 1.24. The van der Waals surface area contributed by atoms with Crippen molar-refractivity contribution in [3.8, 4) is 11.5 Å². The largest absolute Gasteiger partial charge is 0.490 e. The van der Waals surface area contributed by atoms with E-state index in [1.54, 1.807) is 12.1 Å². The molecule has 0 saturated heterocycles. The molecule has 1 aromatic heterocycles. The zero-order chi connectivity index (χ0) is 14.1. The van der Waals surface area contributed by atoms with Gasteiger partial charge in [0.25, 0.3) is 0 Å². The van der Waals surface area contributed by atoms with Crippen LogP contribution in [0.5, 0.6) is 11.5 Å². The molecule has 20 heavy (non-hydrogen) atoms. The van der Waals surface area contributed by atoms with E-state index >= 15 is 0 Å². The van der Waals surface area contributed by atoms with Crippen molar-refractivity contribution in [2.45, 2.75) is 6.42 Å². The number of carbonyl (C=O) groups is 1. The molecule has 0 aliphatic carbocycles. The molecule has 0 amide bonds. The maximum absolute atomic E-state index is 12.3. The van der Waals surface area contributed by atoms with Crippen LogP contribution in [0.3, 0.4) is 0 Å².